The Morgan fingerprint density at radius 3 is 3.14 bits per heavy atom. The van der Waals surface area contributed by atoms with E-state index in [9.17, 15) is 4.79 Å². The number of piperidine rings is 1. The Bertz CT molecular complexity index is 484. The molecule has 1 aromatic rings. The quantitative estimate of drug-likeness (QED) is 0.750. The summed E-state index contributed by atoms with van der Waals surface area (Å²) in [6, 6.07) is 8.25. The van der Waals surface area contributed by atoms with E-state index in [1.54, 1.807) is 13.2 Å². The summed E-state index contributed by atoms with van der Waals surface area (Å²) in [5, 5.41) is 0. The molecule has 1 aliphatic rings. The molecule has 0 unspecified atom stereocenters. The highest BCUT2D eigenvalue weighted by molar-refractivity contribution is 5.77. The number of hydrogen-bond acceptors (Lipinski definition) is 2. The zero-order chi connectivity index (χ0) is 15.1. The molecule has 21 heavy (non-hydrogen) atoms. The van der Waals surface area contributed by atoms with Gasteiger partial charge in [-0.15, -0.1) is 6.58 Å². The summed E-state index contributed by atoms with van der Waals surface area (Å²) in [5.74, 6) is 1.74. The van der Waals surface area contributed by atoms with Gasteiger partial charge in [0.05, 0.1) is 7.11 Å². The molecule has 0 radical (unpaired) electrons. The largest absolute Gasteiger partial charge is 0.497 e. The molecule has 0 N–H and O–H groups in total. The van der Waals surface area contributed by atoms with E-state index in [1.165, 1.54) is 12.0 Å². The Morgan fingerprint density at radius 2 is 2.38 bits per heavy atom. The molecule has 0 aliphatic carbocycles. The molecule has 0 saturated carbocycles. The summed E-state index contributed by atoms with van der Waals surface area (Å²) >= 11 is 0. The Labute approximate surface area is 127 Å². The first-order valence-electron chi connectivity index (χ1n) is 7.74. The number of amides is 1. The molecule has 1 amide bonds. The zero-order valence-electron chi connectivity index (χ0n) is 12.9. The number of nitrogens with zero attached hydrogens (tertiary/aromatic N) is 1. The molecule has 0 aromatic heterocycles. The van der Waals surface area contributed by atoms with Crippen molar-refractivity contribution in [1.82, 2.24) is 4.90 Å². The first-order chi connectivity index (χ1) is 10.2. The summed E-state index contributed by atoms with van der Waals surface area (Å²) < 4.78 is 5.26. The highest BCUT2D eigenvalue weighted by Crippen LogP contribution is 2.23. The maximum atomic E-state index is 11.9. The van der Waals surface area contributed by atoms with E-state index >= 15 is 0 Å². The first kappa shape index (κ1) is 15.6. The van der Waals surface area contributed by atoms with Gasteiger partial charge in [-0.3, -0.25) is 4.79 Å². The van der Waals surface area contributed by atoms with Crippen molar-refractivity contribution >= 4 is 5.91 Å². The second kappa shape index (κ2) is 7.87. The number of likely N-dealkylation sites (tertiary alicyclic amines) is 1. The summed E-state index contributed by atoms with van der Waals surface area (Å²) in [5.41, 5.74) is 1.31. The number of carbonyl (C=O) groups is 1. The lowest BCUT2D eigenvalue weighted by Crippen LogP contribution is -2.39. The van der Waals surface area contributed by atoms with Crippen LogP contribution in [0.15, 0.2) is 36.9 Å². The van der Waals surface area contributed by atoms with Crippen molar-refractivity contribution in [2.75, 3.05) is 20.2 Å². The summed E-state index contributed by atoms with van der Waals surface area (Å²) in [4.78, 5) is 13.9. The van der Waals surface area contributed by atoms with Crippen LogP contribution in [0.3, 0.4) is 0 Å². The van der Waals surface area contributed by atoms with E-state index < -0.39 is 0 Å². The van der Waals surface area contributed by atoms with Gasteiger partial charge in [-0.1, -0.05) is 18.2 Å². The number of hydrogen-bond donors (Lipinski definition) is 0. The Kier molecular flexibility index (Phi) is 5.85. The maximum absolute atomic E-state index is 11.9. The van der Waals surface area contributed by atoms with Crippen LogP contribution in [0.25, 0.3) is 0 Å². The van der Waals surface area contributed by atoms with Gasteiger partial charge in [0, 0.05) is 19.5 Å². The van der Waals surface area contributed by atoms with Crippen LogP contribution in [0.1, 0.15) is 31.2 Å². The van der Waals surface area contributed by atoms with Gasteiger partial charge in [0.25, 0.3) is 0 Å². The van der Waals surface area contributed by atoms with Crippen LogP contribution < -0.4 is 4.74 Å². The molecule has 3 nitrogen and oxygen atoms in total. The van der Waals surface area contributed by atoms with Gasteiger partial charge in [0.2, 0.25) is 5.91 Å². The monoisotopic (exact) mass is 287 g/mol. The van der Waals surface area contributed by atoms with E-state index in [1.807, 2.05) is 17.0 Å². The van der Waals surface area contributed by atoms with Gasteiger partial charge < -0.3 is 9.64 Å². The third kappa shape index (κ3) is 4.62. The van der Waals surface area contributed by atoms with Crippen molar-refractivity contribution in [1.29, 1.82) is 0 Å². The van der Waals surface area contributed by atoms with Gasteiger partial charge in [-0.2, -0.15) is 0 Å². The van der Waals surface area contributed by atoms with Gasteiger partial charge in [0.1, 0.15) is 5.75 Å². The van der Waals surface area contributed by atoms with Crippen LogP contribution in [0, 0.1) is 5.92 Å². The minimum atomic E-state index is 0.219. The first-order valence-corrected chi connectivity index (χ1v) is 7.74. The molecular weight excluding hydrogens is 262 g/mol. The summed E-state index contributed by atoms with van der Waals surface area (Å²) in [7, 11) is 1.70. The second-order valence-electron chi connectivity index (χ2n) is 5.73. The number of carbonyl (C=O) groups excluding carboxylic acids is 1. The molecule has 0 spiro atoms. The topological polar surface area (TPSA) is 29.5 Å². The van der Waals surface area contributed by atoms with Crippen LogP contribution in [-0.4, -0.2) is 31.0 Å². The van der Waals surface area contributed by atoms with E-state index in [-0.39, 0.29) is 5.91 Å². The van der Waals surface area contributed by atoms with Gasteiger partial charge in [-0.25, -0.2) is 0 Å². The summed E-state index contributed by atoms with van der Waals surface area (Å²) in [6.45, 7) is 5.45. The normalized spacial score (nSPS) is 18.3. The predicted molar refractivity (Wildman–Crippen MR) is 85.4 cm³/mol. The van der Waals surface area contributed by atoms with Crippen molar-refractivity contribution < 1.29 is 9.53 Å². The highest BCUT2D eigenvalue weighted by Gasteiger charge is 2.22. The number of methoxy groups -OCH3 is 1. The van der Waals surface area contributed by atoms with Crippen LogP contribution in [-0.2, 0) is 11.2 Å². The SMILES string of the molecule is C=CCC(=O)N1CCC[C@@H](CCc2cccc(OC)c2)C1. The average molecular weight is 287 g/mol. The Hall–Kier alpha value is -1.77. The number of aryl methyl sites for hydroxylation is 1. The third-order valence-corrected chi connectivity index (χ3v) is 4.17. The van der Waals surface area contributed by atoms with E-state index in [4.69, 9.17) is 4.74 Å². The second-order valence-corrected chi connectivity index (χ2v) is 5.73. The fourth-order valence-corrected chi connectivity index (χ4v) is 2.98. The standard InChI is InChI=1S/C18H25NO2/c1-3-6-18(20)19-12-5-8-16(14-19)11-10-15-7-4-9-17(13-15)21-2/h3-4,7,9,13,16H,1,5-6,8,10-12,14H2,2H3/t16-/m0/s1. The third-order valence-electron chi connectivity index (χ3n) is 4.17. The van der Waals surface area contributed by atoms with Crippen LogP contribution in [0.5, 0.6) is 5.75 Å². The van der Waals surface area contributed by atoms with Gasteiger partial charge in [0.15, 0.2) is 0 Å². The van der Waals surface area contributed by atoms with Gasteiger partial charge >= 0.3 is 0 Å². The molecule has 114 valence electrons. The van der Waals surface area contributed by atoms with Gasteiger partial charge in [-0.05, 0) is 49.3 Å². The Balaban J connectivity index is 1.84. The lowest BCUT2D eigenvalue weighted by Gasteiger charge is -2.32. The van der Waals surface area contributed by atoms with Crippen LogP contribution >= 0.6 is 0 Å². The van der Waals surface area contributed by atoms with Crippen molar-refractivity contribution in [2.24, 2.45) is 5.92 Å². The minimum Gasteiger partial charge on any atom is -0.497 e. The van der Waals surface area contributed by atoms with Crippen molar-refractivity contribution in [2.45, 2.75) is 32.1 Å². The molecule has 1 atom stereocenters. The zero-order valence-corrected chi connectivity index (χ0v) is 12.9. The molecule has 2 rings (SSSR count). The lowest BCUT2D eigenvalue weighted by molar-refractivity contribution is -0.132. The Morgan fingerprint density at radius 1 is 1.52 bits per heavy atom. The van der Waals surface area contributed by atoms with Crippen molar-refractivity contribution in [3.8, 4) is 5.75 Å². The highest BCUT2D eigenvalue weighted by atomic mass is 16.5. The molecule has 3 heteroatoms. The molecule has 1 fully saturated rings. The maximum Gasteiger partial charge on any atom is 0.226 e. The fourth-order valence-electron chi connectivity index (χ4n) is 2.98. The minimum absolute atomic E-state index is 0.219. The molecule has 1 aliphatic heterocycles. The molecule has 0 bridgehead atoms. The lowest BCUT2D eigenvalue weighted by atomic mass is 9.91. The summed E-state index contributed by atoms with van der Waals surface area (Å²) in [6.07, 6.45) is 6.68. The van der Waals surface area contributed by atoms with E-state index in [0.717, 1.165) is 38.1 Å². The number of ether oxygens (including phenoxy) is 1. The molecule has 1 aromatic carbocycles. The van der Waals surface area contributed by atoms with E-state index in [2.05, 4.69) is 18.7 Å². The van der Waals surface area contributed by atoms with E-state index in [0.29, 0.717) is 12.3 Å². The fraction of sp³-hybridized carbons (Fsp3) is 0.500. The average Bonchev–Trinajstić information content (AvgIpc) is 2.53. The van der Waals surface area contributed by atoms with Crippen LogP contribution in [0.2, 0.25) is 0 Å². The molecule has 1 saturated heterocycles. The predicted octanol–water partition coefficient (Wildman–Crippen LogP) is 3.44. The van der Waals surface area contributed by atoms with Crippen molar-refractivity contribution in [3.05, 3.63) is 42.5 Å². The molecular formula is C18H25NO2. The van der Waals surface area contributed by atoms with Crippen LogP contribution in [0.4, 0.5) is 0 Å². The van der Waals surface area contributed by atoms with Crippen molar-refractivity contribution in [3.63, 3.8) is 0 Å². The molecule has 1 heterocycles. The smallest absolute Gasteiger partial charge is 0.226 e. The number of benzene rings is 1. The number of rotatable bonds is 6.